The molecule has 0 unspecified atom stereocenters. The Hall–Kier alpha value is -2.54. The first-order valence-corrected chi connectivity index (χ1v) is 8.67. The molecule has 26 heavy (non-hydrogen) atoms. The summed E-state index contributed by atoms with van der Waals surface area (Å²) in [5, 5.41) is 0.427. The molecule has 1 aromatic carbocycles. The minimum atomic E-state index is -0.0255. The van der Waals surface area contributed by atoms with Crippen molar-refractivity contribution in [1.82, 2.24) is 14.9 Å². The summed E-state index contributed by atoms with van der Waals surface area (Å²) in [5.41, 5.74) is 0.581. The van der Waals surface area contributed by atoms with Crippen LogP contribution in [0.4, 0.5) is 5.82 Å². The molecule has 1 amide bonds. The summed E-state index contributed by atoms with van der Waals surface area (Å²) in [6.45, 7) is 4.39. The molecule has 0 atom stereocenters. The summed E-state index contributed by atoms with van der Waals surface area (Å²) < 4.78 is 10.5. The van der Waals surface area contributed by atoms with Crippen LogP contribution in [0.3, 0.4) is 0 Å². The van der Waals surface area contributed by atoms with Crippen molar-refractivity contribution in [2.75, 3.05) is 45.3 Å². The predicted octanol–water partition coefficient (Wildman–Crippen LogP) is 2.42. The molecule has 0 spiro atoms. The highest BCUT2D eigenvalue weighted by molar-refractivity contribution is 6.29. The molecule has 0 aliphatic carbocycles. The number of amides is 1. The van der Waals surface area contributed by atoms with Crippen LogP contribution in [-0.4, -0.2) is 61.2 Å². The van der Waals surface area contributed by atoms with Crippen LogP contribution in [0.5, 0.6) is 11.5 Å². The number of nitrogens with zero attached hydrogens (tertiary/aromatic N) is 4. The first kappa shape index (κ1) is 18.3. The number of piperazine rings is 1. The summed E-state index contributed by atoms with van der Waals surface area (Å²) in [5.74, 6) is 2.55. The van der Waals surface area contributed by atoms with E-state index in [1.54, 1.807) is 38.5 Å². The van der Waals surface area contributed by atoms with Crippen LogP contribution < -0.4 is 14.4 Å². The lowest BCUT2D eigenvalue weighted by atomic mass is 10.1. The summed E-state index contributed by atoms with van der Waals surface area (Å²) in [7, 11) is 3.12. The normalized spacial score (nSPS) is 14.3. The van der Waals surface area contributed by atoms with Crippen molar-refractivity contribution in [3.63, 3.8) is 0 Å². The number of ether oxygens (including phenoxy) is 2. The van der Waals surface area contributed by atoms with Crippen molar-refractivity contribution >= 4 is 23.3 Å². The number of rotatable bonds is 4. The molecule has 0 N–H and O–H groups in total. The molecule has 2 heterocycles. The van der Waals surface area contributed by atoms with E-state index in [1.165, 1.54) is 0 Å². The van der Waals surface area contributed by atoms with E-state index < -0.39 is 0 Å². The van der Waals surface area contributed by atoms with Gasteiger partial charge in [-0.15, -0.1) is 0 Å². The highest BCUT2D eigenvalue weighted by Crippen LogP contribution is 2.28. The molecule has 0 radical (unpaired) electrons. The Morgan fingerprint density at radius 1 is 1.04 bits per heavy atom. The van der Waals surface area contributed by atoms with Crippen molar-refractivity contribution in [2.45, 2.75) is 6.92 Å². The number of anilines is 1. The fourth-order valence-electron chi connectivity index (χ4n) is 2.97. The molecule has 1 saturated heterocycles. The zero-order chi connectivity index (χ0) is 18.7. The second-order valence-electron chi connectivity index (χ2n) is 5.95. The quantitative estimate of drug-likeness (QED) is 0.763. The maximum Gasteiger partial charge on any atom is 0.254 e. The maximum absolute atomic E-state index is 12.8. The smallest absolute Gasteiger partial charge is 0.254 e. The third-order valence-electron chi connectivity index (χ3n) is 4.31. The van der Waals surface area contributed by atoms with Crippen LogP contribution in [0.25, 0.3) is 0 Å². The zero-order valence-corrected chi connectivity index (χ0v) is 15.8. The highest BCUT2D eigenvalue weighted by Gasteiger charge is 2.24. The number of carbonyl (C=O) groups is 1. The van der Waals surface area contributed by atoms with Crippen LogP contribution in [0.15, 0.2) is 24.3 Å². The lowest BCUT2D eigenvalue weighted by molar-refractivity contribution is 0.0746. The van der Waals surface area contributed by atoms with Crippen molar-refractivity contribution < 1.29 is 14.3 Å². The maximum atomic E-state index is 12.8. The van der Waals surface area contributed by atoms with Gasteiger partial charge >= 0.3 is 0 Å². The molecule has 1 aromatic heterocycles. The van der Waals surface area contributed by atoms with E-state index in [0.717, 1.165) is 5.82 Å². The number of benzene rings is 1. The van der Waals surface area contributed by atoms with Gasteiger partial charge in [0.05, 0.1) is 14.2 Å². The van der Waals surface area contributed by atoms with Crippen LogP contribution in [0.1, 0.15) is 16.2 Å². The lowest BCUT2D eigenvalue weighted by Gasteiger charge is -2.35. The second kappa shape index (κ2) is 7.78. The standard InChI is InChI=1S/C18H21ClN4O3/c1-12-20-16(19)11-17(21-12)22-6-8-23(9-7-22)18(24)13-4-5-14(25-2)15(10-13)26-3/h4-5,10-11H,6-9H2,1-3H3. The van der Waals surface area contributed by atoms with Gasteiger partial charge in [0, 0.05) is 37.8 Å². The molecule has 0 bridgehead atoms. The fourth-order valence-corrected chi connectivity index (χ4v) is 3.19. The highest BCUT2D eigenvalue weighted by atomic mass is 35.5. The van der Waals surface area contributed by atoms with Gasteiger partial charge < -0.3 is 19.3 Å². The number of halogens is 1. The summed E-state index contributed by atoms with van der Waals surface area (Å²) in [6, 6.07) is 6.96. The van der Waals surface area contributed by atoms with Gasteiger partial charge in [0.1, 0.15) is 16.8 Å². The Morgan fingerprint density at radius 2 is 1.73 bits per heavy atom. The van der Waals surface area contributed by atoms with Crippen molar-refractivity contribution in [2.24, 2.45) is 0 Å². The largest absolute Gasteiger partial charge is 0.493 e. The van der Waals surface area contributed by atoms with Gasteiger partial charge in [0.25, 0.3) is 5.91 Å². The first-order valence-electron chi connectivity index (χ1n) is 8.29. The van der Waals surface area contributed by atoms with Crippen molar-refractivity contribution in [1.29, 1.82) is 0 Å². The van der Waals surface area contributed by atoms with E-state index in [2.05, 4.69) is 14.9 Å². The Labute approximate surface area is 157 Å². The molecular formula is C18H21ClN4O3. The third kappa shape index (κ3) is 3.83. The Bertz CT molecular complexity index is 787. The summed E-state index contributed by atoms with van der Waals surface area (Å²) >= 11 is 6.02. The minimum Gasteiger partial charge on any atom is -0.493 e. The SMILES string of the molecule is COc1ccc(C(=O)N2CCN(c3cc(Cl)nc(C)n3)CC2)cc1OC. The second-order valence-corrected chi connectivity index (χ2v) is 6.33. The number of aromatic nitrogens is 2. The van der Waals surface area contributed by atoms with Gasteiger partial charge in [-0.2, -0.15) is 0 Å². The number of aryl methyl sites for hydroxylation is 1. The van der Waals surface area contributed by atoms with Crippen LogP contribution in [0.2, 0.25) is 5.15 Å². The Kier molecular flexibility index (Phi) is 5.46. The Balaban J connectivity index is 1.68. The third-order valence-corrected chi connectivity index (χ3v) is 4.51. The average Bonchev–Trinajstić information content (AvgIpc) is 2.66. The summed E-state index contributed by atoms with van der Waals surface area (Å²) in [4.78, 5) is 25.2. The van der Waals surface area contributed by atoms with Gasteiger partial charge in [-0.3, -0.25) is 4.79 Å². The van der Waals surface area contributed by atoms with Gasteiger partial charge in [0.2, 0.25) is 0 Å². The van der Waals surface area contributed by atoms with Crippen LogP contribution in [-0.2, 0) is 0 Å². The molecule has 8 heteroatoms. The first-order chi connectivity index (χ1) is 12.5. The minimum absolute atomic E-state index is 0.0255. The van der Waals surface area contributed by atoms with Gasteiger partial charge in [-0.1, -0.05) is 11.6 Å². The molecule has 7 nitrogen and oxygen atoms in total. The lowest BCUT2D eigenvalue weighted by Crippen LogP contribution is -2.49. The van der Waals surface area contributed by atoms with E-state index in [1.807, 2.05) is 11.8 Å². The topological polar surface area (TPSA) is 67.8 Å². The predicted molar refractivity (Wildman–Crippen MR) is 99.4 cm³/mol. The fraction of sp³-hybridized carbons (Fsp3) is 0.389. The molecule has 1 aliphatic heterocycles. The van der Waals surface area contributed by atoms with E-state index in [0.29, 0.717) is 54.2 Å². The van der Waals surface area contributed by atoms with Gasteiger partial charge in [-0.25, -0.2) is 9.97 Å². The van der Waals surface area contributed by atoms with Gasteiger partial charge in [-0.05, 0) is 25.1 Å². The molecule has 2 aromatic rings. The van der Waals surface area contributed by atoms with Crippen LogP contribution in [0, 0.1) is 6.92 Å². The molecule has 1 aliphatic rings. The number of hydrogen-bond acceptors (Lipinski definition) is 6. The van der Waals surface area contributed by atoms with Crippen molar-refractivity contribution in [3.05, 3.63) is 40.8 Å². The van der Waals surface area contributed by atoms with E-state index in [4.69, 9.17) is 21.1 Å². The molecule has 1 fully saturated rings. The number of hydrogen-bond donors (Lipinski definition) is 0. The van der Waals surface area contributed by atoms with E-state index in [-0.39, 0.29) is 5.91 Å². The number of methoxy groups -OCH3 is 2. The number of carbonyl (C=O) groups excluding carboxylic acids is 1. The van der Waals surface area contributed by atoms with Gasteiger partial charge in [0.15, 0.2) is 11.5 Å². The van der Waals surface area contributed by atoms with Crippen LogP contribution >= 0.6 is 11.6 Å². The molecule has 138 valence electrons. The van der Waals surface area contributed by atoms with Crippen molar-refractivity contribution in [3.8, 4) is 11.5 Å². The average molecular weight is 377 g/mol. The summed E-state index contributed by atoms with van der Waals surface area (Å²) in [6.07, 6.45) is 0. The molecule has 3 rings (SSSR count). The molecular weight excluding hydrogens is 356 g/mol. The van der Waals surface area contributed by atoms with E-state index in [9.17, 15) is 4.79 Å². The monoisotopic (exact) mass is 376 g/mol. The molecule has 0 saturated carbocycles. The Morgan fingerprint density at radius 3 is 2.35 bits per heavy atom. The van der Waals surface area contributed by atoms with E-state index >= 15 is 0 Å². The zero-order valence-electron chi connectivity index (χ0n) is 15.0.